The summed E-state index contributed by atoms with van der Waals surface area (Å²) >= 11 is 1.22. The molecule has 0 radical (unpaired) electrons. The summed E-state index contributed by atoms with van der Waals surface area (Å²) in [4.78, 5) is 31.2. The minimum atomic E-state index is -0.295. The van der Waals surface area contributed by atoms with Crippen molar-refractivity contribution in [3.8, 4) is 5.75 Å². The minimum Gasteiger partial charge on any atom is -0.497 e. The number of furan rings is 1. The summed E-state index contributed by atoms with van der Waals surface area (Å²) in [6.45, 7) is 4.24. The molecule has 0 saturated carbocycles. The maximum Gasteiger partial charge on any atom is 0.298 e. The number of nitrogens with zero attached hydrogens (tertiary/aromatic N) is 2. The third kappa shape index (κ3) is 4.59. The van der Waals surface area contributed by atoms with Crippen molar-refractivity contribution in [3.63, 3.8) is 0 Å². The number of anilines is 1. The summed E-state index contributed by atoms with van der Waals surface area (Å²) in [5, 5.41) is 4.18. The summed E-state index contributed by atoms with van der Waals surface area (Å²) in [7, 11) is 1.60. The van der Waals surface area contributed by atoms with E-state index >= 15 is 0 Å². The molecule has 182 valence electrons. The van der Waals surface area contributed by atoms with Gasteiger partial charge < -0.3 is 14.5 Å². The van der Waals surface area contributed by atoms with Crippen LogP contribution in [0.1, 0.15) is 16.7 Å². The van der Waals surface area contributed by atoms with Crippen LogP contribution >= 0.6 is 11.8 Å². The zero-order chi connectivity index (χ0) is 25.2. The molecule has 7 nitrogen and oxygen atoms in total. The van der Waals surface area contributed by atoms with Gasteiger partial charge in [0.15, 0.2) is 5.16 Å². The number of benzene rings is 3. The van der Waals surface area contributed by atoms with Crippen molar-refractivity contribution in [2.24, 2.45) is 0 Å². The first-order valence-corrected chi connectivity index (χ1v) is 12.5. The zero-order valence-electron chi connectivity index (χ0n) is 20.2. The van der Waals surface area contributed by atoms with E-state index in [0.717, 1.165) is 27.8 Å². The Morgan fingerprint density at radius 3 is 2.72 bits per heavy atom. The maximum absolute atomic E-state index is 13.6. The number of nitrogens with one attached hydrogen (secondary N) is 1. The Kier molecular flexibility index (Phi) is 6.52. The lowest BCUT2D eigenvalue weighted by atomic mass is 10.1. The molecule has 2 heterocycles. The molecule has 0 saturated heterocycles. The lowest BCUT2D eigenvalue weighted by molar-refractivity contribution is -0.113. The lowest BCUT2D eigenvalue weighted by Crippen LogP contribution is -2.24. The number of aryl methyl sites for hydroxylation is 1. The fourth-order valence-corrected chi connectivity index (χ4v) is 4.85. The Morgan fingerprint density at radius 1 is 1.08 bits per heavy atom. The SMILES string of the molecule is COc1cccc(Cn2c(SCC(=O)Nc3cccc(C)c3C)nc3c(oc4ccccc43)c2=O)c1. The van der Waals surface area contributed by atoms with Crippen molar-refractivity contribution in [2.45, 2.75) is 25.5 Å². The van der Waals surface area contributed by atoms with Gasteiger partial charge in [0.2, 0.25) is 11.5 Å². The number of hydrogen-bond acceptors (Lipinski definition) is 6. The highest BCUT2D eigenvalue weighted by Crippen LogP contribution is 2.28. The fourth-order valence-electron chi connectivity index (χ4n) is 4.06. The topological polar surface area (TPSA) is 86.4 Å². The van der Waals surface area contributed by atoms with Gasteiger partial charge in [-0.05, 0) is 60.9 Å². The third-order valence-corrected chi connectivity index (χ3v) is 7.11. The number of amides is 1. The average molecular weight is 500 g/mol. The predicted octanol–water partition coefficient (Wildman–Crippen LogP) is 5.55. The monoisotopic (exact) mass is 499 g/mol. The molecule has 0 atom stereocenters. The molecule has 0 aliphatic heterocycles. The smallest absolute Gasteiger partial charge is 0.298 e. The molecule has 8 heteroatoms. The average Bonchev–Trinajstić information content (AvgIpc) is 3.26. The van der Waals surface area contributed by atoms with Gasteiger partial charge in [-0.15, -0.1) is 0 Å². The van der Waals surface area contributed by atoms with Crippen LogP contribution in [0.4, 0.5) is 5.69 Å². The number of hydrogen-bond donors (Lipinski definition) is 1. The molecular weight excluding hydrogens is 474 g/mol. The van der Waals surface area contributed by atoms with E-state index in [2.05, 4.69) is 5.32 Å². The second-order valence-corrected chi connectivity index (χ2v) is 9.44. The number of para-hydroxylation sites is 1. The van der Waals surface area contributed by atoms with Gasteiger partial charge in [0.25, 0.3) is 5.56 Å². The van der Waals surface area contributed by atoms with E-state index in [0.29, 0.717) is 22.0 Å². The third-order valence-electron chi connectivity index (χ3n) is 6.13. The van der Waals surface area contributed by atoms with Gasteiger partial charge in [-0.25, -0.2) is 4.98 Å². The number of ether oxygens (including phenoxy) is 1. The predicted molar refractivity (Wildman–Crippen MR) is 143 cm³/mol. The number of thioether (sulfide) groups is 1. The summed E-state index contributed by atoms with van der Waals surface area (Å²) in [6.07, 6.45) is 0. The van der Waals surface area contributed by atoms with Crippen LogP contribution in [0.15, 0.2) is 81.1 Å². The summed E-state index contributed by atoms with van der Waals surface area (Å²) in [5.41, 5.74) is 4.77. The van der Waals surface area contributed by atoms with Crippen molar-refractivity contribution < 1.29 is 13.9 Å². The van der Waals surface area contributed by atoms with Crippen LogP contribution in [0.2, 0.25) is 0 Å². The van der Waals surface area contributed by atoms with E-state index in [1.165, 1.54) is 11.8 Å². The van der Waals surface area contributed by atoms with Crippen molar-refractivity contribution in [1.29, 1.82) is 0 Å². The highest BCUT2D eigenvalue weighted by atomic mass is 32.2. The second kappa shape index (κ2) is 9.91. The summed E-state index contributed by atoms with van der Waals surface area (Å²) < 4.78 is 12.8. The molecule has 2 aromatic heterocycles. The van der Waals surface area contributed by atoms with Crippen molar-refractivity contribution in [3.05, 3.63) is 93.8 Å². The molecule has 3 aromatic carbocycles. The van der Waals surface area contributed by atoms with Gasteiger partial charge in [0.1, 0.15) is 16.8 Å². The maximum atomic E-state index is 13.6. The highest BCUT2D eigenvalue weighted by Gasteiger charge is 2.19. The Balaban J connectivity index is 1.51. The molecule has 0 fully saturated rings. The molecule has 0 aliphatic carbocycles. The van der Waals surface area contributed by atoms with Crippen LogP contribution in [0, 0.1) is 13.8 Å². The van der Waals surface area contributed by atoms with Crippen molar-refractivity contribution in [1.82, 2.24) is 9.55 Å². The largest absolute Gasteiger partial charge is 0.497 e. The van der Waals surface area contributed by atoms with Gasteiger partial charge in [0, 0.05) is 11.1 Å². The molecular formula is C28H25N3O4S. The Hall–Kier alpha value is -4.04. The first kappa shape index (κ1) is 23.7. The summed E-state index contributed by atoms with van der Waals surface area (Å²) in [5.74, 6) is 0.618. The van der Waals surface area contributed by atoms with E-state index in [1.54, 1.807) is 11.7 Å². The zero-order valence-corrected chi connectivity index (χ0v) is 21.0. The number of carbonyl (C=O) groups excluding carboxylic acids is 1. The van der Waals surface area contributed by atoms with Gasteiger partial charge in [-0.1, -0.05) is 48.2 Å². The molecule has 0 unspecified atom stereocenters. The van der Waals surface area contributed by atoms with E-state index in [-0.39, 0.29) is 29.3 Å². The van der Waals surface area contributed by atoms with Gasteiger partial charge >= 0.3 is 0 Å². The first-order chi connectivity index (χ1) is 17.4. The molecule has 5 rings (SSSR count). The molecule has 5 aromatic rings. The van der Waals surface area contributed by atoms with Crippen LogP contribution in [0.25, 0.3) is 22.1 Å². The van der Waals surface area contributed by atoms with Crippen LogP contribution in [0.5, 0.6) is 5.75 Å². The van der Waals surface area contributed by atoms with Crippen LogP contribution in [0.3, 0.4) is 0 Å². The molecule has 0 spiro atoms. The lowest BCUT2D eigenvalue weighted by Gasteiger charge is -2.13. The van der Waals surface area contributed by atoms with Gasteiger partial charge in [-0.3, -0.25) is 14.2 Å². The number of aromatic nitrogens is 2. The second-order valence-electron chi connectivity index (χ2n) is 8.50. The molecule has 1 amide bonds. The molecule has 0 aliphatic rings. The number of fused-ring (bicyclic) bond motifs is 3. The van der Waals surface area contributed by atoms with Gasteiger partial charge in [-0.2, -0.15) is 0 Å². The number of rotatable bonds is 7. The molecule has 0 bridgehead atoms. The number of carbonyl (C=O) groups is 1. The summed E-state index contributed by atoms with van der Waals surface area (Å²) in [6, 6.07) is 20.7. The Labute approximate surface area is 212 Å². The Morgan fingerprint density at radius 2 is 1.89 bits per heavy atom. The first-order valence-electron chi connectivity index (χ1n) is 11.5. The minimum absolute atomic E-state index is 0.0965. The quantitative estimate of drug-likeness (QED) is 0.234. The van der Waals surface area contributed by atoms with Gasteiger partial charge in [0.05, 0.1) is 19.4 Å². The highest BCUT2D eigenvalue weighted by molar-refractivity contribution is 7.99. The molecule has 1 N–H and O–H groups in total. The fraction of sp³-hybridized carbons (Fsp3) is 0.179. The van der Waals surface area contributed by atoms with Crippen LogP contribution in [-0.2, 0) is 11.3 Å². The number of methoxy groups -OCH3 is 1. The van der Waals surface area contributed by atoms with Crippen molar-refractivity contribution in [2.75, 3.05) is 18.2 Å². The van der Waals surface area contributed by atoms with Crippen LogP contribution < -0.4 is 15.6 Å². The van der Waals surface area contributed by atoms with E-state index in [9.17, 15) is 9.59 Å². The van der Waals surface area contributed by atoms with Crippen LogP contribution in [-0.4, -0.2) is 28.3 Å². The van der Waals surface area contributed by atoms with Crippen molar-refractivity contribution >= 4 is 45.4 Å². The standard InChI is InChI=1S/C28H25N3O4S/c1-17-8-6-12-22(18(17)2)29-24(32)16-36-28-30-25-21-11-4-5-13-23(21)35-26(25)27(33)31(28)15-19-9-7-10-20(14-19)34-3/h4-14H,15-16H2,1-3H3,(H,29,32). The van der Waals surface area contributed by atoms with E-state index in [4.69, 9.17) is 14.1 Å². The van der Waals surface area contributed by atoms with E-state index in [1.807, 2.05) is 80.6 Å². The van der Waals surface area contributed by atoms with E-state index < -0.39 is 0 Å². The Bertz CT molecular complexity index is 1650. The normalized spacial score (nSPS) is 11.2. The molecule has 36 heavy (non-hydrogen) atoms.